The average Bonchev–Trinajstić information content (AvgIpc) is 2.93. The number of carboxylic acids is 1. The molecule has 3 heterocycles. The Morgan fingerprint density at radius 1 is 1.30 bits per heavy atom. The monoisotopic (exact) mass is 524 g/mol. The molecule has 1 aromatic carbocycles. The molecule has 2 atom stereocenters. The van der Waals surface area contributed by atoms with E-state index >= 15 is 0 Å². The second-order valence-corrected chi connectivity index (χ2v) is 9.95. The van der Waals surface area contributed by atoms with Crippen LogP contribution in [0.3, 0.4) is 0 Å². The number of aromatic carboxylic acids is 1. The molecule has 0 radical (unpaired) electrons. The summed E-state index contributed by atoms with van der Waals surface area (Å²) < 4.78 is 13.2. The smallest absolute Gasteiger partial charge is 0.341 e. The highest BCUT2D eigenvalue weighted by molar-refractivity contribution is 14.1. The zero-order valence-corrected chi connectivity index (χ0v) is 19.4. The van der Waals surface area contributed by atoms with Crippen LogP contribution in [0.5, 0.6) is 5.75 Å². The third-order valence-electron chi connectivity index (χ3n) is 5.79. The summed E-state index contributed by atoms with van der Waals surface area (Å²) in [6.07, 6.45) is 3.22. The zero-order chi connectivity index (χ0) is 21.6. The SMILES string of the molecule is COCCCOc1ccc2c(c1)[C@@H]1C(I)CC(C)(C)N1n1cc(C(=O)O)c(=O)cc1-2. The summed E-state index contributed by atoms with van der Waals surface area (Å²) in [4.78, 5) is 24.1. The van der Waals surface area contributed by atoms with Crippen LogP contribution >= 0.6 is 22.6 Å². The molecule has 0 aliphatic carbocycles. The minimum atomic E-state index is -1.21. The van der Waals surface area contributed by atoms with Crippen molar-refractivity contribution >= 4 is 28.6 Å². The molecule has 1 aromatic heterocycles. The third kappa shape index (κ3) is 3.49. The maximum atomic E-state index is 12.5. The molecule has 2 aliphatic rings. The number of hydrogen-bond donors (Lipinski definition) is 1. The number of carboxylic acid groups (broad SMARTS) is 1. The zero-order valence-electron chi connectivity index (χ0n) is 17.2. The van der Waals surface area contributed by atoms with Gasteiger partial charge in [0, 0.05) is 41.9 Å². The number of alkyl halides is 1. The summed E-state index contributed by atoms with van der Waals surface area (Å²) in [5, 5.41) is 11.7. The van der Waals surface area contributed by atoms with Crippen LogP contribution in [0.25, 0.3) is 11.3 Å². The molecule has 0 spiro atoms. The molecule has 1 unspecified atom stereocenters. The van der Waals surface area contributed by atoms with Crippen molar-refractivity contribution < 1.29 is 19.4 Å². The lowest BCUT2D eigenvalue weighted by Gasteiger charge is -2.44. The van der Waals surface area contributed by atoms with Crippen LogP contribution in [0.2, 0.25) is 0 Å². The number of pyridine rings is 1. The fourth-order valence-electron chi connectivity index (χ4n) is 4.53. The van der Waals surface area contributed by atoms with Crippen molar-refractivity contribution in [2.75, 3.05) is 25.3 Å². The van der Waals surface area contributed by atoms with Crippen molar-refractivity contribution in [2.45, 2.75) is 42.2 Å². The number of rotatable bonds is 6. The molecule has 1 N–H and O–H groups in total. The number of hydrogen-bond acceptors (Lipinski definition) is 5. The molecular formula is C22H25IN2O5. The Labute approximate surface area is 188 Å². The van der Waals surface area contributed by atoms with Crippen molar-refractivity contribution in [3.05, 3.63) is 51.8 Å². The number of fused-ring (bicyclic) bond motifs is 6. The van der Waals surface area contributed by atoms with Gasteiger partial charge in [0.05, 0.1) is 23.9 Å². The second kappa shape index (κ2) is 7.88. The summed E-state index contributed by atoms with van der Waals surface area (Å²) in [5.41, 5.74) is 1.84. The number of halogens is 1. The van der Waals surface area contributed by atoms with E-state index in [0.29, 0.717) is 22.8 Å². The largest absolute Gasteiger partial charge is 0.493 e. The normalized spacial score (nSPS) is 21.0. The molecule has 1 fully saturated rings. The van der Waals surface area contributed by atoms with Crippen molar-refractivity contribution in [2.24, 2.45) is 0 Å². The highest BCUT2D eigenvalue weighted by atomic mass is 127. The van der Waals surface area contributed by atoms with E-state index in [2.05, 4.69) is 47.5 Å². The lowest BCUT2D eigenvalue weighted by molar-refractivity contribution is 0.0694. The molecular weight excluding hydrogens is 499 g/mol. The summed E-state index contributed by atoms with van der Waals surface area (Å²) in [5.74, 6) is -0.420. The minimum absolute atomic E-state index is 0.0507. The van der Waals surface area contributed by atoms with E-state index in [-0.39, 0.29) is 17.1 Å². The van der Waals surface area contributed by atoms with Crippen molar-refractivity contribution in [1.82, 2.24) is 4.68 Å². The molecule has 0 saturated carbocycles. The lowest BCUT2D eigenvalue weighted by atomic mass is 9.94. The predicted octanol–water partition coefficient (Wildman–Crippen LogP) is 3.61. The van der Waals surface area contributed by atoms with Gasteiger partial charge in [-0.3, -0.25) is 14.5 Å². The van der Waals surface area contributed by atoms with Crippen LogP contribution in [0.1, 0.15) is 48.7 Å². The van der Waals surface area contributed by atoms with E-state index < -0.39 is 11.4 Å². The molecule has 0 bridgehead atoms. The standard InChI is InChI=1S/C22H25IN2O5/c1-22(2)11-17(23)20-15-9-13(30-8-4-7-29-3)5-6-14(15)18-10-19(26)16(21(27)28)12-24(18)25(20)22/h5-6,9-10,12,17,20H,4,7-8,11H2,1-3H3,(H,27,28)/t17?,20-/m1/s1. The van der Waals surface area contributed by atoms with Crippen LogP contribution in [0, 0.1) is 0 Å². The second-order valence-electron chi connectivity index (χ2n) is 8.35. The predicted molar refractivity (Wildman–Crippen MR) is 123 cm³/mol. The molecule has 7 nitrogen and oxygen atoms in total. The topological polar surface area (TPSA) is 81.0 Å². The van der Waals surface area contributed by atoms with Gasteiger partial charge in [-0.1, -0.05) is 22.6 Å². The van der Waals surface area contributed by atoms with E-state index in [1.54, 1.807) is 7.11 Å². The van der Waals surface area contributed by atoms with Crippen molar-refractivity contribution in [1.29, 1.82) is 0 Å². The molecule has 160 valence electrons. The minimum Gasteiger partial charge on any atom is -0.493 e. The van der Waals surface area contributed by atoms with Crippen LogP contribution in [-0.4, -0.2) is 45.5 Å². The molecule has 2 aromatic rings. The molecule has 2 aliphatic heterocycles. The first-order valence-corrected chi connectivity index (χ1v) is 11.2. The summed E-state index contributed by atoms with van der Waals surface area (Å²) in [6.45, 7) is 5.51. The maximum Gasteiger partial charge on any atom is 0.341 e. The van der Waals surface area contributed by atoms with E-state index in [1.807, 2.05) is 16.8 Å². The Bertz CT molecular complexity index is 1050. The first kappa shape index (κ1) is 21.2. The molecule has 0 amide bonds. The molecule has 1 saturated heterocycles. The Morgan fingerprint density at radius 3 is 2.77 bits per heavy atom. The van der Waals surface area contributed by atoms with Gasteiger partial charge < -0.3 is 14.6 Å². The Balaban J connectivity index is 1.85. The van der Waals surface area contributed by atoms with Gasteiger partial charge in [-0.15, -0.1) is 0 Å². The van der Waals surface area contributed by atoms with Gasteiger partial charge in [-0.2, -0.15) is 0 Å². The van der Waals surface area contributed by atoms with Gasteiger partial charge in [0.15, 0.2) is 5.43 Å². The molecule has 8 heteroatoms. The highest BCUT2D eigenvalue weighted by Crippen LogP contribution is 2.51. The molecule has 30 heavy (non-hydrogen) atoms. The highest BCUT2D eigenvalue weighted by Gasteiger charge is 2.49. The van der Waals surface area contributed by atoms with Crippen LogP contribution in [-0.2, 0) is 4.74 Å². The number of benzene rings is 1. The van der Waals surface area contributed by atoms with Gasteiger partial charge in [0.1, 0.15) is 11.3 Å². The van der Waals surface area contributed by atoms with Gasteiger partial charge in [0.2, 0.25) is 0 Å². The van der Waals surface area contributed by atoms with Gasteiger partial charge in [0.25, 0.3) is 0 Å². The Morgan fingerprint density at radius 2 is 2.07 bits per heavy atom. The average molecular weight is 524 g/mol. The Kier molecular flexibility index (Phi) is 5.56. The summed E-state index contributed by atoms with van der Waals surface area (Å²) in [6, 6.07) is 7.43. The van der Waals surface area contributed by atoms with Crippen LogP contribution < -0.4 is 15.2 Å². The maximum absolute atomic E-state index is 12.5. The van der Waals surface area contributed by atoms with E-state index in [4.69, 9.17) is 9.47 Å². The number of methoxy groups -OCH3 is 1. The van der Waals surface area contributed by atoms with E-state index in [0.717, 1.165) is 29.7 Å². The van der Waals surface area contributed by atoms with Gasteiger partial charge in [-0.25, -0.2) is 4.79 Å². The number of nitrogens with zero attached hydrogens (tertiary/aromatic N) is 2. The number of ether oxygens (including phenoxy) is 2. The fraction of sp³-hybridized carbons (Fsp3) is 0.455. The third-order valence-corrected chi connectivity index (χ3v) is 6.92. The number of aromatic nitrogens is 1. The summed E-state index contributed by atoms with van der Waals surface area (Å²) >= 11 is 2.48. The first-order valence-electron chi connectivity index (χ1n) is 9.94. The lowest BCUT2D eigenvalue weighted by Crippen LogP contribution is -2.50. The van der Waals surface area contributed by atoms with E-state index in [9.17, 15) is 14.7 Å². The van der Waals surface area contributed by atoms with Crippen molar-refractivity contribution in [3.63, 3.8) is 0 Å². The van der Waals surface area contributed by atoms with Gasteiger partial charge >= 0.3 is 5.97 Å². The van der Waals surface area contributed by atoms with Crippen LogP contribution in [0.15, 0.2) is 35.3 Å². The first-order chi connectivity index (χ1) is 14.2. The summed E-state index contributed by atoms with van der Waals surface area (Å²) in [7, 11) is 1.67. The van der Waals surface area contributed by atoms with Gasteiger partial charge in [-0.05, 0) is 44.0 Å². The molecule has 4 rings (SSSR count). The van der Waals surface area contributed by atoms with Crippen molar-refractivity contribution in [3.8, 4) is 17.0 Å². The quantitative estimate of drug-likeness (QED) is 0.354. The van der Waals surface area contributed by atoms with E-state index in [1.165, 1.54) is 12.3 Å². The fourth-order valence-corrected chi connectivity index (χ4v) is 6.30. The Hall–Kier alpha value is -2.07. The van der Waals surface area contributed by atoms with Crippen LogP contribution in [0.4, 0.5) is 0 Å². The number of carbonyl (C=O) groups is 1.